The standard InChI is InChI=1S/C6H2Cl3Se.Ag/c7-3-1-4(8)6(10)5(9)2-3;/h1-2H;. The second kappa shape index (κ2) is 5.16. The molecule has 0 spiro atoms. The summed E-state index contributed by atoms with van der Waals surface area (Å²) in [6.07, 6.45) is 0. The van der Waals surface area contributed by atoms with Crippen LogP contribution in [0.25, 0.3) is 0 Å². The second-order valence-electron chi connectivity index (χ2n) is 1.70. The maximum absolute atomic E-state index is 5.72. The van der Waals surface area contributed by atoms with E-state index in [0.29, 0.717) is 15.1 Å². The van der Waals surface area contributed by atoms with Crippen LogP contribution in [0.15, 0.2) is 12.1 Å². The molecule has 0 saturated heterocycles. The van der Waals surface area contributed by atoms with Gasteiger partial charge < -0.3 is 0 Å². The van der Waals surface area contributed by atoms with Crippen LogP contribution in [0.3, 0.4) is 0 Å². The quantitative estimate of drug-likeness (QED) is 0.618. The van der Waals surface area contributed by atoms with E-state index in [1.54, 1.807) is 12.1 Å². The summed E-state index contributed by atoms with van der Waals surface area (Å²) in [7, 11) is 0. The smallest absolute Gasteiger partial charge is 0 e. The van der Waals surface area contributed by atoms with Gasteiger partial charge in [-0.25, -0.2) is 0 Å². The van der Waals surface area contributed by atoms with Gasteiger partial charge in [0, 0.05) is 22.4 Å². The Balaban J connectivity index is 0.000001000. The number of rotatable bonds is 0. The molecule has 0 aromatic heterocycles. The van der Waals surface area contributed by atoms with Crippen LogP contribution < -0.4 is 4.46 Å². The van der Waals surface area contributed by atoms with Crippen molar-refractivity contribution in [1.29, 1.82) is 0 Å². The molecule has 0 nitrogen and oxygen atoms in total. The van der Waals surface area contributed by atoms with E-state index in [0.717, 1.165) is 4.46 Å². The van der Waals surface area contributed by atoms with Crippen molar-refractivity contribution in [1.82, 2.24) is 0 Å². The fourth-order valence-corrected chi connectivity index (χ4v) is 1.59. The summed E-state index contributed by atoms with van der Waals surface area (Å²) < 4.78 is 0.743. The minimum atomic E-state index is 0. The molecule has 0 aliphatic carbocycles. The van der Waals surface area contributed by atoms with Crippen molar-refractivity contribution in [2.75, 3.05) is 0 Å². The van der Waals surface area contributed by atoms with Crippen LogP contribution in [-0.2, 0) is 22.4 Å². The Bertz CT molecular complexity index is 241. The van der Waals surface area contributed by atoms with Gasteiger partial charge in [-0.15, -0.1) is 0 Å². The molecule has 0 amide bonds. The molecule has 0 atom stereocenters. The zero-order chi connectivity index (χ0) is 7.72. The van der Waals surface area contributed by atoms with E-state index < -0.39 is 0 Å². The summed E-state index contributed by atoms with van der Waals surface area (Å²) in [4.78, 5) is 0. The van der Waals surface area contributed by atoms with Crippen molar-refractivity contribution in [3.05, 3.63) is 27.2 Å². The number of hydrogen-bond acceptors (Lipinski definition) is 0. The van der Waals surface area contributed by atoms with Crippen LogP contribution in [0.1, 0.15) is 0 Å². The minimum absolute atomic E-state index is 0. The summed E-state index contributed by atoms with van der Waals surface area (Å²) in [5.74, 6) is 0. The van der Waals surface area contributed by atoms with Gasteiger partial charge in [-0.3, -0.25) is 0 Å². The molecule has 11 heavy (non-hydrogen) atoms. The van der Waals surface area contributed by atoms with E-state index in [1.807, 2.05) is 0 Å². The van der Waals surface area contributed by atoms with Crippen LogP contribution in [0.2, 0.25) is 15.1 Å². The number of benzene rings is 1. The van der Waals surface area contributed by atoms with Crippen molar-refractivity contribution >= 4 is 55.3 Å². The Labute approximate surface area is 104 Å². The molecular weight excluding hydrogens is 365 g/mol. The molecule has 0 aliphatic rings. The van der Waals surface area contributed by atoms with Gasteiger partial charge in [0.15, 0.2) is 0 Å². The Kier molecular flexibility index (Phi) is 5.79. The van der Waals surface area contributed by atoms with Crippen molar-refractivity contribution in [2.45, 2.75) is 0 Å². The molecular formula is C6H2AgCl3Se. The Morgan fingerprint density at radius 3 is 1.73 bits per heavy atom. The van der Waals surface area contributed by atoms with Crippen LogP contribution in [0, 0.1) is 0 Å². The molecule has 1 rings (SSSR count). The molecule has 0 fully saturated rings. The average molecular weight is 367 g/mol. The van der Waals surface area contributed by atoms with E-state index in [2.05, 4.69) is 16.0 Å². The van der Waals surface area contributed by atoms with Crippen LogP contribution in [0.5, 0.6) is 0 Å². The molecule has 2 radical (unpaired) electrons. The third-order valence-corrected chi connectivity index (χ3v) is 3.21. The first-order valence-electron chi connectivity index (χ1n) is 2.43. The van der Waals surface area contributed by atoms with Gasteiger partial charge in [0.1, 0.15) is 0 Å². The van der Waals surface area contributed by atoms with Gasteiger partial charge in [-0.2, -0.15) is 0 Å². The summed E-state index contributed by atoms with van der Waals surface area (Å²) in [6, 6.07) is 3.28. The Morgan fingerprint density at radius 2 is 1.36 bits per heavy atom. The van der Waals surface area contributed by atoms with E-state index in [1.165, 1.54) is 0 Å². The van der Waals surface area contributed by atoms with Gasteiger partial charge in [-0.05, 0) is 0 Å². The average Bonchev–Trinajstić information content (AvgIpc) is 1.82. The van der Waals surface area contributed by atoms with Crippen molar-refractivity contribution in [3.8, 4) is 0 Å². The number of halogens is 3. The van der Waals surface area contributed by atoms with E-state index in [4.69, 9.17) is 34.8 Å². The Hall–Kier alpha value is 1.35. The second-order valence-corrected chi connectivity index (χ2v) is 3.81. The molecule has 0 aliphatic heterocycles. The third kappa shape index (κ3) is 3.30. The van der Waals surface area contributed by atoms with Gasteiger partial charge in [0.2, 0.25) is 0 Å². The predicted octanol–water partition coefficient (Wildman–Crippen LogP) is 2.44. The van der Waals surface area contributed by atoms with Gasteiger partial charge in [0.05, 0.1) is 0 Å². The molecule has 0 saturated carbocycles. The number of hydrogen-bond donors (Lipinski definition) is 0. The summed E-state index contributed by atoms with van der Waals surface area (Å²) in [5.41, 5.74) is 0. The molecule has 1 aromatic rings. The fourth-order valence-electron chi connectivity index (χ4n) is 0.529. The van der Waals surface area contributed by atoms with Gasteiger partial charge in [-0.1, -0.05) is 0 Å². The fraction of sp³-hybridized carbons (Fsp3) is 0. The van der Waals surface area contributed by atoms with Gasteiger partial charge in [0.25, 0.3) is 0 Å². The van der Waals surface area contributed by atoms with Crippen LogP contribution in [-0.4, -0.2) is 16.0 Å². The maximum Gasteiger partial charge on any atom is 0 e. The monoisotopic (exact) mass is 366 g/mol. The first-order valence-corrected chi connectivity index (χ1v) is 4.42. The van der Waals surface area contributed by atoms with Crippen LogP contribution in [0.4, 0.5) is 0 Å². The maximum atomic E-state index is 5.72. The Morgan fingerprint density at radius 1 is 1.00 bits per heavy atom. The van der Waals surface area contributed by atoms with Crippen molar-refractivity contribution in [3.63, 3.8) is 0 Å². The third-order valence-electron chi connectivity index (χ3n) is 0.963. The molecule has 0 bridgehead atoms. The van der Waals surface area contributed by atoms with E-state index in [-0.39, 0.29) is 22.4 Å². The zero-order valence-electron chi connectivity index (χ0n) is 5.00. The van der Waals surface area contributed by atoms with E-state index >= 15 is 0 Å². The SMILES string of the molecule is Clc1cc(Cl)c([Se])c(Cl)c1.[Ag]. The molecule has 64 valence electrons. The molecule has 0 unspecified atom stereocenters. The normalized spacial score (nSPS) is 9.00. The summed E-state index contributed by atoms with van der Waals surface area (Å²) >= 11 is 19.8. The first kappa shape index (κ1) is 12.3. The predicted molar refractivity (Wildman–Crippen MR) is 46.9 cm³/mol. The molecule has 0 heterocycles. The summed E-state index contributed by atoms with van der Waals surface area (Å²) in [5, 5.41) is 1.66. The van der Waals surface area contributed by atoms with Gasteiger partial charge >= 0.3 is 82.5 Å². The topological polar surface area (TPSA) is 0 Å². The summed E-state index contributed by atoms with van der Waals surface area (Å²) in [6.45, 7) is 0. The minimum Gasteiger partial charge on any atom is 0 e. The van der Waals surface area contributed by atoms with Crippen molar-refractivity contribution < 1.29 is 22.4 Å². The van der Waals surface area contributed by atoms with E-state index in [9.17, 15) is 0 Å². The zero-order valence-corrected chi connectivity index (χ0v) is 10.5. The molecule has 1 aromatic carbocycles. The molecule has 0 N–H and O–H groups in total. The largest absolute Gasteiger partial charge is 0 e. The van der Waals surface area contributed by atoms with Crippen LogP contribution >= 0.6 is 34.8 Å². The molecule has 5 heteroatoms. The van der Waals surface area contributed by atoms with Crippen molar-refractivity contribution in [2.24, 2.45) is 0 Å². The first-order chi connectivity index (χ1) is 4.61.